The molecule has 0 amide bonds. The fourth-order valence-corrected chi connectivity index (χ4v) is 2.89. The Hall–Kier alpha value is -0.960. The Balaban J connectivity index is 1.80. The molecule has 0 unspecified atom stereocenters. The van der Waals surface area contributed by atoms with Crippen LogP contribution in [-0.4, -0.2) is 55.2 Å². The largest absolute Gasteiger partial charge is 0.314 e. The molecule has 0 atom stereocenters. The zero-order valence-corrected chi connectivity index (χ0v) is 10.4. The first-order valence-electron chi connectivity index (χ1n) is 5.61. The van der Waals surface area contributed by atoms with Gasteiger partial charge in [0, 0.05) is 45.1 Å². The third-order valence-corrected chi connectivity index (χ3v) is 4.21. The van der Waals surface area contributed by atoms with Gasteiger partial charge in [0.2, 0.25) is 0 Å². The number of nitrogens with one attached hydrogen (secondary N) is 2. The highest BCUT2D eigenvalue weighted by atomic mass is 32.2. The van der Waals surface area contributed by atoms with E-state index in [1.165, 1.54) is 4.31 Å². The van der Waals surface area contributed by atoms with Crippen molar-refractivity contribution in [2.24, 2.45) is 0 Å². The summed E-state index contributed by atoms with van der Waals surface area (Å²) < 4.78 is 29.5. The molecule has 0 saturated carbocycles. The summed E-state index contributed by atoms with van der Waals surface area (Å²) in [5.74, 6) is 0. The van der Waals surface area contributed by atoms with Crippen LogP contribution in [0.1, 0.15) is 0 Å². The average molecular weight is 259 g/mol. The van der Waals surface area contributed by atoms with Crippen molar-refractivity contribution in [3.05, 3.63) is 18.5 Å². The zero-order valence-electron chi connectivity index (χ0n) is 9.54. The molecule has 2 heterocycles. The average Bonchev–Trinajstić information content (AvgIpc) is 2.83. The van der Waals surface area contributed by atoms with Gasteiger partial charge < -0.3 is 5.32 Å². The maximum absolute atomic E-state index is 11.9. The minimum absolute atomic E-state index is 0.355. The fraction of sp³-hybridized carbons (Fsp3) is 0.667. The highest BCUT2D eigenvalue weighted by Crippen LogP contribution is 1.99. The van der Waals surface area contributed by atoms with Crippen LogP contribution >= 0.6 is 0 Å². The van der Waals surface area contributed by atoms with E-state index in [-0.39, 0.29) is 0 Å². The third kappa shape index (κ3) is 3.50. The standard InChI is InChI=1S/C9H17N5O2S/c15-17(16,14-8-3-10-4-9-14)12-5-7-13-6-1-2-11-13/h1-2,6,10,12H,3-5,7-9H2. The van der Waals surface area contributed by atoms with Crippen molar-refractivity contribution in [3.8, 4) is 0 Å². The van der Waals surface area contributed by atoms with Crippen LogP contribution in [0.2, 0.25) is 0 Å². The molecule has 17 heavy (non-hydrogen) atoms. The van der Waals surface area contributed by atoms with Gasteiger partial charge in [0.15, 0.2) is 0 Å². The van der Waals surface area contributed by atoms with E-state index in [1.807, 2.05) is 6.07 Å². The van der Waals surface area contributed by atoms with Crippen molar-refractivity contribution in [3.63, 3.8) is 0 Å². The van der Waals surface area contributed by atoms with Crippen molar-refractivity contribution < 1.29 is 8.42 Å². The van der Waals surface area contributed by atoms with Gasteiger partial charge in [0.25, 0.3) is 10.2 Å². The fourth-order valence-electron chi connectivity index (χ4n) is 1.70. The molecule has 1 fully saturated rings. The van der Waals surface area contributed by atoms with Crippen molar-refractivity contribution >= 4 is 10.2 Å². The molecule has 7 nitrogen and oxygen atoms in total. The molecule has 1 saturated heterocycles. The molecule has 2 rings (SSSR count). The lowest BCUT2D eigenvalue weighted by atomic mass is 10.4. The quantitative estimate of drug-likeness (QED) is 0.683. The molecule has 0 aromatic carbocycles. The summed E-state index contributed by atoms with van der Waals surface area (Å²) in [5, 5.41) is 7.12. The SMILES string of the molecule is O=S(=O)(NCCn1cccn1)N1CCNCC1. The monoisotopic (exact) mass is 259 g/mol. The Morgan fingerprint density at radius 3 is 2.76 bits per heavy atom. The molecule has 0 bridgehead atoms. The molecular weight excluding hydrogens is 242 g/mol. The summed E-state index contributed by atoms with van der Waals surface area (Å²) in [7, 11) is -3.33. The molecule has 0 aliphatic carbocycles. The van der Waals surface area contributed by atoms with Crippen LogP contribution in [-0.2, 0) is 16.8 Å². The Bertz CT molecular complexity index is 424. The topological polar surface area (TPSA) is 79.3 Å². The van der Waals surface area contributed by atoms with E-state index in [2.05, 4.69) is 15.1 Å². The molecule has 2 N–H and O–H groups in total. The normalized spacial score (nSPS) is 18.4. The zero-order chi connectivity index (χ0) is 12.1. The van der Waals surface area contributed by atoms with Crippen LogP contribution in [0.15, 0.2) is 18.5 Å². The molecule has 1 aliphatic rings. The second-order valence-electron chi connectivity index (χ2n) is 3.82. The van der Waals surface area contributed by atoms with E-state index in [1.54, 1.807) is 17.1 Å². The van der Waals surface area contributed by atoms with Crippen molar-refractivity contribution in [1.29, 1.82) is 0 Å². The number of piperazine rings is 1. The molecule has 1 aromatic rings. The van der Waals surface area contributed by atoms with Crippen LogP contribution in [0.5, 0.6) is 0 Å². The predicted molar refractivity (Wildman–Crippen MR) is 63.6 cm³/mol. The number of hydrogen-bond donors (Lipinski definition) is 2. The van der Waals surface area contributed by atoms with E-state index < -0.39 is 10.2 Å². The molecular formula is C9H17N5O2S. The van der Waals surface area contributed by atoms with Crippen LogP contribution in [0.25, 0.3) is 0 Å². The summed E-state index contributed by atoms with van der Waals surface area (Å²) in [5.41, 5.74) is 0. The van der Waals surface area contributed by atoms with Gasteiger partial charge in [-0.2, -0.15) is 17.8 Å². The highest BCUT2D eigenvalue weighted by Gasteiger charge is 2.22. The number of aromatic nitrogens is 2. The minimum Gasteiger partial charge on any atom is -0.314 e. The molecule has 0 radical (unpaired) electrons. The number of nitrogens with zero attached hydrogens (tertiary/aromatic N) is 3. The second kappa shape index (κ2) is 5.58. The van der Waals surface area contributed by atoms with Gasteiger partial charge >= 0.3 is 0 Å². The first kappa shape index (κ1) is 12.5. The third-order valence-electron chi connectivity index (χ3n) is 2.60. The highest BCUT2D eigenvalue weighted by molar-refractivity contribution is 7.87. The second-order valence-corrected chi connectivity index (χ2v) is 5.57. The van der Waals surface area contributed by atoms with Gasteiger partial charge in [0.1, 0.15) is 0 Å². The van der Waals surface area contributed by atoms with Crippen molar-refractivity contribution in [2.45, 2.75) is 6.54 Å². The lowest BCUT2D eigenvalue weighted by Gasteiger charge is -2.26. The lowest BCUT2D eigenvalue weighted by Crippen LogP contribution is -2.50. The first-order chi connectivity index (χ1) is 8.18. The molecule has 8 heteroatoms. The molecule has 96 valence electrons. The van der Waals surface area contributed by atoms with Gasteiger partial charge in [0.05, 0.1) is 6.54 Å². The lowest BCUT2D eigenvalue weighted by molar-refractivity contribution is 0.354. The van der Waals surface area contributed by atoms with Crippen LogP contribution in [0.3, 0.4) is 0 Å². The summed E-state index contributed by atoms with van der Waals surface area (Å²) >= 11 is 0. The maximum atomic E-state index is 11.9. The van der Waals surface area contributed by atoms with E-state index in [0.29, 0.717) is 39.3 Å². The van der Waals surface area contributed by atoms with Crippen molar-refractivity contribution in [2.75, 3.05) is 32.7 Å². The Morgan fingerprint density at radius 2 is 2.12 bits per heavy atom. The predicted octanol–water partition coefficient (Wildman–Crippen LogP) is -1.38. The van der Waals surface area contributed by atoms with Gasteiger partial charge in [-0.05, 0) is 6.07 Å². The Morgan fingerprint density at radius 1 is 1.35 bits per heavy atom. The maximum Gasteiger partial charge on any atom is 0.279 e. The van der Waals surface area contributed by atoms with E-state index in [0.717, 1.165) is 0 Å². The van der Waals surface area contributed by atoms with Gasteiger partial charge in [-0.25, -0.2) is 4.72 Å². The Labute approximate surface area is 101 Å². The van der Waals surface area contributed by atoms with E-state index in [4.69, 9.17) is 0 Å². The van der Waals surface area contributed by atoms with Crippen LogP contribution in [0, 0.1) is 0 Å². The molecule has 1 aromatic heterocycles. The first-order valence-corrected chi connectivity index (χ1v) is 7.05. The van der Waals surface area contributed by atoms with Gasteiger partial charge in [-0.1, -0.05) is 0 Å². The number of rotatable bonds is 5. The van der Waals surface area contributed by atoms with E-state index in [9.17, 15) is 8.42 Å². The summed E-state index contributed by atoms with van der Waals surface area (Å²) in [4.78, 5) is 0. The molecule has 0 spiro atoms. The number of hydrogen-bond acceptors (Lipinski definition) is 4. The van der Waals surface area contributed by atoms with Crippen LogP contribution < -0.4 is 10.0 Å². The van der Waals surface area contributed by atoms with Gasteiger partial charge in [-0.3, -0.25) is 4.68 Å². The van der Waals surface area contributed by atoms with Crippen LogP contribution in [0.4, 0.5) is 0 Å². The Kier molecular flexibility index (Phi) is 4.11. The summed E-state index contributed by atoms with van der Waals surface area (Å²) in [6.07, 6.45) is 3.48. The molecule has 1 aliphatic heterocycles. The summed E-state index contributed by atoms with van der Waals surface area (Å²) in [6.45, 7) is 3.36. The van der Waals surface area contributed by atoms with Gasteiger partial charge in [-0.15, -0.1) is 0 Å². The van der Waals surface area contributed by atoms with Crippen molar-refractivity contribution in [1.82, 2.24) is 24.1 Å². The van der Waals surface area contributed by atoms with E-state index >= 15 is 0 Å². The summed E-state index contributed by atoms with van der Waals surface area (Å²) in [6, 6.07) is 1.81. The smallest absolute Gasteiger partial charge is 0.279 e. The minimum atomic E-state index is -3.33.